The molecule has 3 nitrogen and oxygen atoms in total. The van der Waals surface area contributed by atoms with E-state index in [2.05, 4.69) is 9.98 Å². The topological polar surface area (TPSA) is 34.5 Å². The molecule has 0 N–H and O–H groups in total. The summed E-state index contributed by atoms with van der Waals surface area (Å²) < 4.78 is 5.25. The van der Waals surface area contributed by atoms with E-state index in [4.69, 9.17) is 27.9 Å². The van der Waals surface area contributed by atoms with Crippen LogP contribution in [-0.2, 0) is 4.74 Å². The zero-order valence-corrected chi connectivity index (χ0v) is 8.14. The standard InChI is InChI=1S/C8H6Cl2N2O/c9-6-3-5(4-7(10)12-6)8-11-1-2-13-8/h3-4H,1-2H2. The van der Waals surface area contributed by atoms with E-state index < -0.39 is 0 Å². The van der Waals surface area contributed by atoms with Crippen molar-refractivity contribution < 1.29 is 4.74 Å². The molecule has 0 bridgehead atoms. The molecule has 2 heterocycles. The molecule has 0 unspecified atom stereocenters. The summed E-state index contributed by atoms with van der Waals surface area (Å²) in [5.74, 6) is 0.589. The van der Waals surface area contributed by atoms with Crippen molar-refractivity contribution in [2.45, 2.75) is 0 Å². The number of pyridine rings is 1. The van der Waals surface area contributed by atoms with Crippen LogP contribution in [0.1, 0.15) is 5.56 Å². The highest BCUT2D eigenvalue weighted by Gasteiger charge is 2.11. The van der Waals surface area contributed by atoms with Crippen molar-refractivity contribution in [1.82, 2.24) is 4.98 Å². The van der Waals surface area contributed by atoms with Gasteiger partial charge < -0.3 is 4.74 Å². The quantitative estimate of drug-likeness (QED) is 0.675. The molecule has 68 valence electrons. The molecule has 13 heavy (non-hydrogen) atoms. The predicted octanol–water partition coefficient (Wildman–Crippen LogP) is 2.17. The molecule has 0 atom stereocenters. The van der Waals surface area contributed by atoms with Gasteiger partial charge in [0, 0.05) is 5.56 Å². The molecule has 0 aromatic carbocycles. The summed E-state index contributed by atoms with van der Waals surface area (Å²) in [4.78, 5) is 7.96. The van der Waals surface area contributed by atoms with Crippen LogP contribution >= 0.6 is 23.2 Å². The summed E-state index contributed by atoms with van der Waals surface area (Å²) >= 11 is 11.4. The van der Waals surface area contributed by atoms with Gasteiger partial charge in [-0.1, -0.05) is 23.2 Å². The Morgan fingerprint density at radius 3 is 2.46 bits per heavy atom. The van der Waals surface area contributed by atoms with Crippen LogP contribution in [0.3, 0.4) is 0 Å². The summed E-state index contributed by atoms with van der Waals surface area (Å²) in [5, 5.41) is 0.696. The molecule has 1 aromatic rings. The van der Waals surface area contributed by atoms with Crippen molar-refractivity contribution in [2.75, 3.05) is 13.2 Å². The van der Waals surface area contributed by atoms with Gasteiger partial charge in [0.25, 0.3) is 0 Å². The predicted molar refractivity (Wildman–Crippen MR) is 51.6 cm³/mol. The van der Waals surface area contributed by atoms with Crippen molar-refractivity contribution in [3.63, 3.8) is 0 Å². The summed E-state index contributed by atoms with van der Waals surface area (Å²) in [7, 11) is 0. The lowest BCUT2D eigenvalue weighted by Crippen LogP contribution is -2.01. The van der Waals surface area contributed by atoms with Gasteiger partial charge in [-0.15, -0.1) is 0 Å². The Labute approximate surface area is 85.4 Å². The molecule has 0 aliphatic carbocycles. The van der Waals surface area contributed by atoms with Gasteiger partial charge in [0.2, 0.25) is 5.90 Å². The fourth-order valence-electron chi connectivity index (χ4n) is 1.10. The minimum Gasteiger partial charge on any atom is -0.476 e. The molecular formula is C8H6Cl2N2O. The molecule has 1 aliphatic rings. The third-order valence-corrected chi connectivity index (χ3v) is 1.98. The number of rotatable bonds is 1. The lowest BCUT2D eigenvalue weighted by Gasteiger charge is -2.01. The van der Waals surface area contributed by atoms with Crippen LogP contribution in [0, 0.1) is 0 Å². The van der Waals surface area contributed by atoms with Gasteiger partial charge in [-0.3, -0.25) is 0 Å². The minimum atomic E-state index is 0.348. The molecule has 0 amide bonds. The molecule has 0 radical (unpaired) electrons. The maximum Gasteiger partial charge on any atom is 0.216 e. The first-order valence-electron chi connectivity index (χ1n) is 3.76. The molecule has 0 saturated heterocycles. The number of halogens is 2. The Kier molecular flexibility index (Phi) is 2.38. The number of nitrogens with zero attached hydrogens (tertiary/aromatic N) is 2. The normalized spacial score (nSPS) is 15.4. The SMILES string of the molecule is Clc1cc(C2=NCCO2)cc(Cl)n1. The first-order valence-corrected chi connectivity index (χ1v) is 4.52. The average Bonchev–Trinajstić information content (AvgIpc) is 2.53. The van der Waals surface area contributed by atoms with Crippen LogP contribution < -0.4 is 0 Å². The fourth-order valence-corrected chi connectivity index (χ4v) is 1.56. The monoisotopic (exact) mass is 216 g/mol. The summed E-state index contributed by atoms with van der Waals surface area (Å²) in [6, 6.07) is 3.36. The highest BCUT2D eigenvalue weighted by atomic mass is 35.5. The van der Waals surface area contributed by atoms with Crippen molar-refractivity contribution >= 4 is 29.1 Å². The number of ether oxygens (including phenoxy) is 1. The Hall–Kier alpha value is -0.800. The van der Waals surface area contributed by atoms with Gasteiger partial charge in [-0.25, -0.2) is 9.98 Å². The van der Waals surface area contributed by atoms with Crippen LogP contribution in [0.4, 0.5) is 0 Å². The Bertz CT molecular complexity index is 345. The van der Waals surface area contributed by atoms with Crippen LogP contribution in [0.2, 0.25) is 10.3 Å². The molecule has 1 aromatic heterocycles. The second kappa shape index (κ2) is 3.52. The number of hydrogen-bond acceptors (Lipinski definition) is 3. The van der Waals surface area contributed by atoms with Gasteiger partial charge in [0.15, 0.2) is 0 Å². The number of aromatic nitrogens is 1. The van der Waals surface area contributed by atoms with Crippen LogP contribution in [0.25, 0.3) is 0 Å². The van der Waals surface area contributed by atoms with E-state index in [1.54, 1.807) is 12.1 Å². The van der Waals surface area contributed by atoms with Crippen molar-refractivity contribution in [2.24, 2.45) is 4.99 Å². The molecule has 0 fully saturated rings. The van der Waals surface area contributed by atoms with Crippen LogP contribution in [0.5, 0.6) is 0 Å². The van der Waals surface area contributed by atoms with Crippen molar-refractivity contribution in [3.05, 3.63) is 28.0 Å². The lowest BCUT2D eigenvalue weighted by atomic mass is 10.3. The van der Waals surface area contributed by atoms with E-state index in [0.29, 0.717) is 29.4 Å². The maximum atomic E-state index is 5.72. The van der Waals surface area contributed by atoms with Gasteiger partial charge in [-0.2, -0.15) is 0 Å². The van der Waals surface area contributed by atoms with E-state index in [1.165, 1.54) is 0 Å². The molecule has 1 aliphatic heterocycles. The molecular weight excluding hydrogens is 211 g/mol. The molecule has 0 spiro atoms. The first kappa shape index (κ1) is 8.78. The highest BCUT2D eigenvalue weighted by Crippen LogP contribution is 2.17. The van der Waals surface area contributed by atoms with E-state index in [9.17, 15) is 0 Å². The Morgan fingerprint density at radius 2 is 1.92 bits per heavy atom. The Morgan fingerprint density at radius 1 is 1.23 bits per heavy atom. The van der Waals surface area contributed by atoms with E-state index in [0.717, 1.165) is 5.56 Å². The van der Waals surface area contributed by atoms with Gasteiger partial charge in [0.05, 0.1) is 6.54 Å². The minimum absolute atomic E-state index is 0.348. The highest BCUT2D eigenvalue weighted by molar-refractivity contribution is 6.33. The fraction of sp³-hybridized carbons (Fsp3) is 0.250. The van der Waals surface area contributed by atoms with Gasteiger partial charge in [-0.05, 0) is 12.1 Å². The van der Waals surface area contributed by atoms with Crippen LogP contribution in [0.15, 0.2) is 17.1 Å². The molecule has 0 saturated carbocycles. The second-order valence-electron chi connectivity index (χ2n) is 2.54. The van der Waals surface area contributed by atoms with E-state index in [-0.39, 0.29) is 0 Å². The molecule has 5 heteroatoms. The first-order chi connectivity index (χ1) is 6.25. The lowest BCUT2D eigenvalue weighted by molar-refractivity contribution is 0.348. The maximum absolute atomic E-state index is 5.72. The van der Waals surface area contributed by atoms with Crippen molar-refractivity contribution in [3.8, 4) is 0 Å². The van der Waals surface area contributed by atoms with Crippen LogP contribution in [-0.4, -0.2) is 24.0 Å². The Balaban J connectivity index is 2.39. The van der Waals surface area contributed by atoms with E-state index in [1.807, 2.05) is 0 Å². The zero-order valence-electron chi connectivity index (χ0n) is 6.63. The number of aliphatic imine (C=N–C) groups is 1. The summed E-state index contributed by atoms with van der Waals surface area (Å²) in [6.07, 6.45) is 0. The van der Waals surface area contributed by atoms with Crippen molar-refractivity contribution in [1.29, 1.82) is 0 Å². The summed E-state index contributed by atoms with van der Waals surface area (Å²) in [5.41, 5.74) is 0.780. The van der Waals surface area contributed by atoms with E-state index >= 15 is 0 Å². The third-order valence-electron chi connectivity index (χ3n) is 1.60. The van der Waals surface area contributed by atoms with Gasteiger partial charge >= 0.3 is 0 Å². The largest absolute Gasteiger partial charge is 0.476 e. The molecule has 2 rings (SSSR count). The summed E-state index contributed by atoms with van der Waals surface area (Å²) in [6.45, 7) is 1.31. The van der Waals surface area contributed by atoms with Gasteiger partial charge in [0.1, 0.15) is 16.9 Å². The third kappa shape index (κ3) is 1.92. The second-order valence-corrected chi connectivity index (χ2v) is 3.31. The smallest absolute Gasteiger partial charge is 0.216 e. The number of hydrogen-bond donors (Lipinski definition) is 0. The average molecular weight is 217 g/mol. The zero-order chi connectivity index (χ0) is 9.26.